The number of benzene rings is 2. The smallest absolute Gasteiger partial charge is 0.419 e. The van der Waals surface area contributed by atoms with E-state index in [0.717, 1.165) is 42.4 Å². The molecule has 0 N–H and O–H groups in total. The van der Waals surface area contributed by atoms with Crippen LogP contribution < -0.4 is 9.47 Å². The largest absolute Gasteiger partial charge is 0.493 e. The second kappa shape index (κ2) is 28.8. The van der Waals surface area contributed by atoms with E-state index in [2.05, 4.69) is 105 Å². The molecule has 82 heavy (non-hydrogen) atoms. The average molecular weight is 1170 g/mol. The van der Waals surface area contributed by atoms with E-state index < -0.39 is 35.0 Å². The van der Waals surface area contributed by atoms with Gasteiger partial charge in [0.2, 0.25) is 11.8 Å². The molecule has 1 aromatic heterocycles. The maximum Gasteiger partial charge on any atom is 0.419 e. The highest BCUT2D eigenvalue weighted by molar-refractivity contribution is 5.70. The Kier molecular flexibility index (Phi) is 24.9. The molecule has 7 nitrogen and oxygen atoms in total. The van der Waals surface area contributed by atoms with Gasteiger partial charge < -0.3 is 23.7 Å². The molecule has 8 rings (SSSR count). The van der Waals surface area contributed by atoms with Crippen LogP contribution in [-0.2, 0) is 33.2 Å². The van der Waals surface area contributed by atoms with Gasteiger partial charge in [0.1, 0.15) is 22.9 Å². The summed E-state index contributed by atoms with van der Waals surface area (Å²) in [5.41, 5.74) is 2.96. The van der Waals surface area contributed by atoms with Gasteiger partial charge in [-0.05, 0) is 215 Å². The fourth-order valence-corrected chi connectivity index (χ4v) is 10.0. The van der Waals surface area contributed by atoms with Gasteiger partial charge in [0.15, 0.2) is 0 Å². The van der Waals surface area contributed by atoms with Gasteiger partial charge in [0, 0.05) is 42.9 Å². The molecular weight excluding hydrogens is 1060 g/mol. The van der Waals surface area contributed by atoms with Crippen molar-refractivity contribution in [2.24, 2.45) is 33.5 Å². The molecule has 0 amide bonds. The van der Waals surface area contributed by atoms with E-state index in [1.807, 2.05) is 20.8 Å². The summed E-state index contributed by atoms with van der Waals surface area (Å²) in [5.74, 6) is -4.01. The fourth-order valence-electron chi connectivity index (χ4n) is 10.0. The predicted molar refractivity (Wildman–Crippen MR) is 315 cm³/mol. The van der Waals surface area contributed by atoms with Crippen LogP contribution in [0.4, 0.5) is 35.1 Å². The van der Waals surface area contributed by atoms with Crippen LogP contribution in [0.1, 0.15) is 231 Å². The van der Waals surface area contributed by atoms with Crippen molar-refractivity contribution in [1.29, 1.82) is 0 Å². The lowest BCUT2D eigenvalue weighted by Crippen LogP contribution is -2.31. The average Bonchev–Trinajstić information content (AvgIpc) is 4.28. The maximum absolute atomic E-state index is 13.8. The molecule has 1 spiro atoms. The van der Waals surface area contributed by atoms with Crippen LogP contribution in [0.15, 0.2) is 48.8 Å². The van der Waals surface area contributed by atoms with Gasteiger partial charge in [-0.2, -0.15) is 23.4 Å². The standard InChI is InChI=1S/C17H26O.C15H14F4N2O.C13H24O.2C11H20F2O/c1-16(2,3)12-18-15-7-6-14-11-17(4,5)9-8-13(14)10-15;1-14(2,3)22-13-7-12(16)11(15(17,18)19)6-10(13)9-4-5-20-21-8-9;1-12(2,3)14-10-11-4-6-13(7-5-11)8-9-13;1-10(2,3)8-14-9-4-6-11(12,13)7-5-9;1-10(2,3)14-8-9-4-6-11(12,13)7-5-9/h6-7,10H,8-9,11-12H2,1-5H3;4-8H,1-3H3;11H,4-10H2,1-3H3;2*9H,4-8H2,1-3H3. The Morgan fingerprint density at radius 3 is 1.52 bits per heavy atom. The predicted octanol–water partition coefficient (Wildman–Crippen LogP) is 20.1. The zero-order chi connectivity index (χ0) is 61.8. The number of aryl methyl sites for hydroxylation is 1. The minimum Gasteiger partial charge on any atom is -0.493 e. The summed E-state index contributed by atoms with van der Waals surface area (Å²) in [4.78, 5) is 0. The Balaban J connectivity index is 0.000000223. The third kappa shape index (κ3) is 28.1. The van der Waals surface area contributed by atoms with Gasteiger partial charge in [-0.3, -0.25) is 0 Å². The molecule has 15 heteroatoms. The molecular formula is C67H104F8N2O5. The van der Waals surface area contributed by atoms with Crippen LogP contribution in [0.2, 0.25) is 0 Å². The number of rotatable bonds is 10. The van der Waals surface area contributed by atoms with E-state index in [4.69, 9.17) is 23.7 Å². The highest BCUT2D eigenvalue weighted by atomic mass is 19.4. The molecule has 468 valence electrons. The minimum atomic E-state index is -4.79. The lowest BCUT2D eigenvalue weighted by atomic mass is 9.74. The number of ether oxygens (including phenoxy) is 5. The molecule has 5 aliphatic carbocycles. The quantitative estimate of drug-likeness (QED) is 0.187. The summed E-state index contributed by atoms with van der Waals surface area (Å²) in [5, 5.41) is 7.21. The van der Waals surface area contributed by atoms with E-state index in [1.54, 1.807) is 20.8 Å². The number of nitrogens with zero attached hydrogens (tertiary/aromatic N) is 2. The molecule has 0 bridgehead atoms. The first-order chi connectivity index (χ1) is 37.4. The molecule has 0 aliphatic heterocycles. The lowest BCUT2D eigenvalue weighted by molar-refractivity contribution is -0.140. The Labute approximate surface area is 488 Å². The number of fused-ring (bicyclic) bond motifs is 1. The lowest BCUT2D eigenvalue weighted by Gasteiger charge is -2.31. The number of hydrogen-bond acceptors (Lipinski definition) is 7. The maximum atomic E-state index is 13.8. The molecule has 0 atom stereocenters. The van der Waals surface area contributed by atoms with Gasteiger partial charge in [-0.15, -0.1) is 0 Å². The molecule has 1 heterocycles. The van der Waals surface area contributed by atoms with Crippen LogP contribution in [0.25, 0.3) is 11.1 Å². The molecule has 0 radical (unpaired) electrons. The van der Waals surface area contributed by atoms with E-state index in [9.17, 15) is 35.1 Å². The van der Waals surface area contributed by atoms with Crippen molar-refractivity contribution in [1.82, 2.24) is 10.2 Å². The molecule has 4 fully saturated rings. The number of hydrogen-bond donors (Lipinski definition) is 0. The van der Waals surface area contributed by atoms with Crippen molar-refractivity contribution in [2.75, 3.05) is 26.4 Å². The van der Waals surface area contributed by atoms with Crippen molar-refractivity contribution in [3.8, 4) is 22.6 Å². The first-order valence-electron chi connectivity index (χ1n) is 30.2. The van der Waals surface area contributed by atoms with Crippen molar-refractivity contribution in [3.05, 3.63) is 71.3 Å². The molecule has 4 saturated carbocycles. The normalized spacial score (nSPS) is 20.0. The van der Waals surface area contributed by atoms with E-state index >= 15 is 0 Å². The van der Waals surface area contributed by atoms with Crippen LogP contribution in [0, 0.1) is 39.3 Å². The fraction of sp³-hybridized carbons (Fsp3) is 0.761. The van der Waals surface area contributed by atoms with Crippen molar-refractivity contribution < 1.29 is 58.8 Å². The van der Waals surface area contributed by atoms with Crippen LogP contribution in [-0.4, -0.2) is 71.4 Å². The summed E-state index contributed by atoms with van der Waals surface area (Å²) in [6.07, 6.45) is 12.6. The number of aromatic nitrogens is 2. The van der Waals surface area contributed by atoms with Gasteiger partial charge in [0.25, 0.3) is 0 Å². The SMILES string of the molecule is CC(C)(C)COC1CCC(F)(F)CC1.CC(C)(C)COc1ccc2c(c1)CCC(C)(C)C2.CC(C)(C)OCC1CCC(F)(F)CC1.CC(C)(C)OCC1CCC2(CC1)CC2.CC(C)(C)Oc1cc(F)c(C(F)(F)F)cc1-c1ccnnc1. The summed E-state index contributed by atoms with van der Waals surface area (Å²) >= 11 is 0. The second-order valence-electron chi connectivity index (χ2n) is 30.3. The number of halogens is 8. The highest BCUT2D eigenvalue weighted by Gasteiger charge is 2.45. The van der Waals surface area contributed by atoms with E-state index in [0.29, 0.717) is 55.8 Å². The van der Waals surface area contributed by atoms with E-state index in [1.165, 1.54) is 87.4 Å². The Morgan fingerprint density at radius 2 is 1.07 bits per heavy atom. The van der Waals surface area contributed by atoms with Gasteiger partial charge >= 0.3 is 6.18 Å². The molecule has 5 aliphatic rings. The van der Waals surface area contributed by atoms with Crippen LogP contribution in [0.5, 0.6) is 11.5 Å². The topological polar surface area (TPSA) is 71.9 Å². The first kappa shape index (κ1) is 70.9. The minimum absolute atomic E-state index is 0.0121. The summed E-state index contributed by atoms with van der Waals surface area (Å²) in [6, 6.07) is 9.60. The van der Waals surface area contributed by atoms with Crippen LogP contribution >= 0.6 is 0 Å². The summed E-state index contributed by atoms with van der Waals surface area (Å²) in [7, 11) is 0. The zero-order valence-corrected chi connectivity index (χ0v) is 53.2. The Hall–Kier alpha value is -3.56. The molecule has 0 unspecified atom stereocenters. The van der Waals surface area contributed by atoms with Crippen molar-refractivity contribution in [2.45, 2.75) is 268 Å². The zero-order valence-electron chi connectivity index (χ0n) is 53.2. The van der Waals surface area contributed by atoms with Gasteiger partial charge in [-0.25, -0.2) is 22.0 Å². The van der Waals surface area contributed by atoms with Crippen molar-refractivity contribution >= 4 is 0 Å². The van der Waals surface area contributed by atoms with Gasteiger partial charge in [-0.1, -0.05) is 61.5 Å². The monoisotopic (exact) mass is 1170 g/mol. The molecule has 3 aromatic rings. The third-order valence-corrected chi connectivity index (χ3v) is 15.2. The van der Waals surface area contributed by atoms with Crippen molar-refractivity contribution in [3.63, 3.8) is 0 Å². The number of alkyl halides is 7. The summed E-state index contributed by atoms with van der Waals surface area (Å²) in [6.45, 7) is 38.2. The van der Waals surface area contributed by atoms with Crippen LogP contribution in [0.3, 0.4) is 0 Å². The van der Waals surface area contributed by atoms with Gasteiger partial charge in [0.05, 0.1) is 61.7 Å². The summed E-state index contributed by atoms with van der Waals surface area (Å²) < 4.78 is 132. The Bertz CT molecular complexity index is 2270. The second-order valence-corrected chi connectivity index (χ2v) is 30.3. The molecule has 2 aromatic carbocycles. The third-order valence-electron chi connectivity index (χ3n) is 15.2. The Morgan fingerprint density at radius 1 is 0.561 bits per heavy atom. The van der Waals surface area contributed by atoms with E-state index in [-0.39, 0.29) is 65.1 Å². The first-order valence-corrected chi connectivity index (χ1v) is 30.2. The molecule has 0 saturated heterocycles. The highest BCUT2D eigenvalue weighted by Crippen LogP contribution is 2.57.